The van der Waals surface area contributed by atoms with Crippen molar-refractivity contribution in [3.05, 3.63) is 0 Å². The number of rotatable bonds is 3. The Kier molecular flexibility index (Phi) is 2.66. The van der Waals surface area contributed by atoms with Gasteiger partial charge in [0.25, 0.3) is 0 Å². The van der Waals surface area contributed by atoms with Crippen molar-refractivity contribution in [2.75, 3.05) is 19.8 Å². The highest BCUT2D eigenvalue weighted by molar-refractivity contribution is 4.80. The highest BCUT2D eigenvalue weighted by atomic mass is 16.5. The Morgan fingerprint density at radius 3 is 2.67 bits per heavy atom. The molecule has 1 N–H and O–H groups in total. The summed E-state index contributed by atoms with van der Waals surface area (Å²) in [5.74, 6) is 1.75. The lowest BCUT2D eigenvalue weighted by molar-refractivity contribution is -0.0316. The number of hydrogen-bond donors (Lipinski definition) is 1. The summed E-state index contributed by atoms with van der Waals surface area (Å²) in [7, 11) is 0. The topological polar surface area (TPSA) is 21.3 Å². The van der Waals surface area contributed by atoms with Crippen LogP contribution in [0.3, 0.4) is 0 Å². The molecule has 2 fully saturated rings. The van der Waals surface area contributed by atoms with Crippen LogP contribution in [-0.4, -0.2) is 25.8 Å². The van der Waals surface area contributed by atoms with Gasteiger partial charge in [0.2, 0.25) is 0 Å². The van der Waals surface area contributed by atoms with Crippen LogP contribution in [0.5, 0.6) is 0 Å². The van der Waals surface area contributed by atoms with Crippen LogP contribution in [0.4, 0.5) is 0 Å². The average Bonchev–Trinajstić information content (AvgIpc) is 2.32. The first-order valence-corrected chi connectivity index (χ1v) is 5.15. The van der Waals surface area contributed by atoms with E-state index in [-0.39, 0.29) is 0 Å². The summed E-state index contributed by atoms with van der Waals surface area (Å²) in [6.07, 6.45) is 4.18. The third-order valence-corrected chi connectivity index (χ3v) is 3.10. The van der Waals surface area contributed by atoms with Crippen molar-refractivity contribution in [1.82, 2.24) is 5.32 Å². The molecule has 2 aliphatic rings. The molecule has 0 amide bonds. The molecule has 0 bridgehead atoms. The molecule has 2 atom stereocenters. The van der Waals surface area contributed by atoms with Crippen molar-refractivity contribution >= 4 is 0 Å². The van der Waals surface area contributed by atoms with Gasteiger partial charge in [-0.15, -0.1) is 0 Å². The predicted molar refractivity (Wildman–Crippen MR) is 49.1 cm³/mol. The largest absolute Gasteiger partial charge is 0.381 e. The predicted octanol–water partition coefficient (Wildman–Crippen LogP) is 1.41. The summed E-state index contributed by atoms with van der Waals surface area (Å²) in [4.78, 5) is 0. The van der Waals surface area contributed by atoms with E-state index >= 15 is 0 Å². The second kappa shape index (κ2) is 3.75. The van der Waals surface area contributed by atoms with Gasteiger partial charge in [-0.05, 0) is 25.2 Å². The molecule has 1 aliphatic heterocycles. The van der Waals surface area contributed by atoms with E-state index in [0.29, 0.717) is 0 Å². The average molecular weight is 169 g/mol. The summed E-state index contributed by atoms with van der Waals surface area (Å²) in [6, 6.07) is 0.806. The summed E-state index contributed by atoms with van der Waals surface area (Å²) >= 11 is 0. The molecule has 0 radical (unpaired) electrons. The zero-order valence-corrected chi connectivity index (χ0v) is 7.88. The monoisotopic (exact) mass is 169 g/mol. The van der Waals surface area contributed by atoms with Gasteiger partial charge in [0.1, 0.15) is 0 Å². The Morgan fingerprint density at radius 2 is 2.17 bits per heavy atom. The fourth-order valence-corrected chi connectivity index (χ4v) is 2.13. The van der Waals surface area contributed by atoms with Crippen LogP contribution in [0.25, 0.3) is 0 Å². The van der Waals surface area contributed by atoms with E-state index in [1.165, 1.54) is 25.8 Å². The number of nitrogens with one attached hydrogen (secondary N) is 1. The van der Waals surface area contributed by atoms with Crippen LogP contribution >= 0.6 is 0 Å². The first-order valence-electron chi connectivity index (χ1n) is 5.15. The zero-order chi connectivity index (χ0) is 8.39. The van der Waals surface area contributed by atoms with Gasteiger partial charge in [0.15, 0.2) is 0 Å². The normalized spacial score (nSPS) is 36.8. The molecule has 2 rings (SSSR count). The molecular formula is C10H19NO. The smallest absolute Gasteiger partial charge is 0.0528 e. The van der Waals surface area contributed by atoms with Crippen molar-refractivity contribution in [1.29, 1.82) is 0 Å². The molecule has 1 saturated carbocycles. The minimum Gasteiger partial charge on any atom is -0.381 e. The third kappa shape index (κ3) is 1.99. The second-order valence-corrected chi connectivity index (χ2v) is 4.43. The fourth-order valence-electron chi connectivity index (χ4n) is 2.13. The van der Waals surface area contributed by atoms with E-state index in [0.717, 1.165) is 31.1 Å². The molecule has 0 aromatic rings. The van der Waals surface area contributed by atoms with Crippen LogP contribution in [0.1, 0.15) is 26.2 Å². The van der Waals surface area contributed by atoms with Crippen molar-refractivity contribution < 1.29 is 4.74 Å². The molecule has 2 heteroatoms. The molecular weight excluding hydrogens is 150 g/mol. The van der Waals surface area contributed by atoms with Gasteiger partial charge in [-0.1, -0.05) is 6.92 Å². The third-order valence-electron chi connectivity index (χ3n) is 3.10. The SMILES string of the molecule is C[C@H]1CCC(NCC2COC2)C1. The molecule has 12 heavy (non-hydrogen) atoms. The van der Waals surface area contributed by atoms with Gasteiger partial charge in [0, 0.05) is 18.5 Å². The van der Waals surface area contributed by atoms with E-state index < -0.39 is 0 Å². The van der Waals surface area contributed by atoms with E-state index in [1.807, 2.05) is 0 Å². The summed E-state index contributed by atoms with van der Waals surface area (Å²) in [5, 5.41) is 3.63. The Hall–Kier alpha value is -0.0800. The van der Waals surface area contributed by atoms with Crippen molar-refractivity contribution in [3.63, 3.8) is 0 Å². The first-order chi connectivity index (χ1) is 5.84. The molecule has 1 heterocycles. The zero-order valence-electron chi connectivity index (χ0n) is 7.88. The van der Waals surface area contributed by atoms with Gasteiger partial charge in [-0.2, -0.15) is 0 Å². The van der Waals surface area contributed by atoms with Gasteiger partial charge in [0.05, 0.1) is 13.2 Å². The Balaban J connectivity index is 1.60. The molecule has 1 saturated heterocycles. The van der Waals surface area contributed by atoms with Gasteiger partial charge >= 0.3 is 0 Å². The molecule has 1 aliphatic carbocycles. The molecule has 0 aromatic carbocycles. The molecule has 0 spiro atoms. The van der Waals surface area contributed by atoms with E-state index in [4.69, 9.17) is 4.74 Å². The van der Waals surface area contributed by atoms with Crippen LogP contribution in [0.2, 0.25) is 0 Å². The highest BCUT2D eigenvalue weighted by Crippen LogP contribution is 2.24. The second-order valence-electron chi connectivity index (χ2n) is 4.43. The van der Waals surface area contributed by atoms with Crippen molar-refractivity contribution in [2.24, 2.45) is 11.8 Å². The van der Waals surface area contributed by atoms with Crippen LogP contribution in [0, 0.1) is 11.8 Å². The number of ether oxygens (including phenoxy) is 1. The maximum atomic E-state index is 5.13. The minimum atomic E-state index is 0.806. The Morgan fingerprint density at radius 1 is 1.33 bits per heavy atom. The number of hydrogen-bond acceptors (Lipinski definition) is 2. The maximum absolute atomic E-state index is 5.13. The quantitative estimate of drug-likeness (QED) is 0.689. The molecule has 1 unspecified atom stereocenters. The van der Waals surface area contributed by atoms with Gasteiger partial charge < -0.3 is 10.1 Å². The standard InChI is InChI=1S/C10H19NO/c1-8-2-3-10(4-8)11-5-9-6-12-7-9/h8-11H,2-7H2,1H3/t8-,10?/m0/s1. The van der Waals surface area contributed by atoms with Gasteiger partial charge in [-0.25, -0.2) is 0 Å². The summed E-state index contributed by atoms with van der Waals surface area (Å²) in [6.45, 7) is 5.50. The lowest BCUT2D eigenvalue weighted by Crippen LogP contribution is -2.40. The van der Waals surface area contributed by atoms with Crippen LogP contribution < -0.4 is 5.32 Å². The lowest BCUT2D eigenvalue weighted by atomic mass is 10.1. The minimum absolute atomic E-state index is 0.806. The fraction of sp³-hybridized carbons (Fsp3) is 1.00. The van der Waals surface area contributed by atoms with E-state index in [1.54, 1.807) is 0 Å². The lowest BCUT2D eigenvalue weighted by Gasteiger charge is -2.27. The summed E-state index contributed by atoms with van der Waals surface area (Å²) < 4.78 is 5.13. The summed E-state index contributed by atoms with van der Waals surface area (Å²) in [5.41, 5.74) is 0. The Labute approximate surface area is 74.7 Å². The van der Waals surface area contributed by atoms with E-state index in [2.05, 4.69) is 12.2 Å². The Bertz CT molecular complexity index is 145. The van der Waals surface area contributed by atoms with Crippen LogP contribution in [0.15, 0.2) is 0 Å². The van der Waals surface area contributed by atoms with Crippen LogP contribution in [-0.2, 0) is 4.74 Å². The molecule has 2 nitrogen and oxygen atoms in total. The first kappa shape index (κ1) is 8.52. The molecule has 70 valence electrons. The molecule has 0 aromatic heterocycles. The highest BCUT2D eigenvalue weighted by Gasteiger charge is 2.23. The van der Waals surface area contributed by atoms with Gasteiger partial charge in [-0.3, -0.25) is 0 Å². The van der Waals surface area contributed by atoms with E-state index in [9.17, 15) is 0 Å². The maximum Gasteiger partial charge on any atom is 0.0528 e. The van der Waals surface area contributed by atoms with Crippen molar-refractivity contribution in [2.45, 2.75) is 32.2 Å². The van der Waals surface area contributed by atoms with Crippen molar-refractivity contribution in [3.8, 4) is 0 Å².